The SMILES string of the molecule is COc1cc(CN)ccc1Oc1ncc(Cl)cc1Cl. The van der Waals surface area contributed by atoms with Crippen LogP contribution in [-0.4, -0.2) is 12.1 Å². The lowest BCUT2D eigenvalue weighted by atomic mass is 10.2. The van der Waals surface area contributed by atoms with E-state index in [4.69, 9.17) is 38.4 Å². The summed E-state index contributed by atoms with van der Waals surface area (Å²) in [5.74, 6) is 1.34. The number of aromatic nitrogens is 1. The van der Waals surface area contributed by atoms with Gasteiger partial charge in [-0.3, -0.25) is 0 Å². The van der Waals surface area contributed by atoms with Crippen molar-refractivity contribution in [3.05, 3.63) is 46.1 Å². The Labute approximate surface area is 121 Å². The highest BCUT2D eigenvalue weighted by Gasteiger charge is 2.10. The van der Waals surface area contributed by atoms with Crippen LogP contribution in [0.15, 0.2) is 30.5 Å². The number of hydrogen-bond donors (Lipinski definition) is 1. The summed E-state index contributed by atoms with van der Waals surface area (Å²) in [6.45, 7) is 0.427. The molecule has 0 aliphatic heterocycles. The molecule has 6 heteroatoms. The lowest BCUT2D eigenvalue weighted by Crippen LogP contribution is -1.98. The summed E-state index contributed by atoms with van der Waals surface area (Å²) in [5, 5.41) is 0.778. The number of nitrogens with two attached hydrogens (primary N) is 1. The van der Waals surface area contributed by atoms with Gasteiger partial charge in [-0.2, -0.15) is 0 Å². The molecule has 0 radical (unpaired) electrons. The number of benzene rings is 1. The molecule has 1 heterocycles. The van der Waals surface area contributed by atoms with Gasteiger partial charge < -0.3 is 15.2 Å². The maximum atomic E-state index is 6.00. The molecular weight excluding hydrogens is 287 g/mol. The highest BCUT2D eigenvalue weighted by Crippen LogP contribution is 2.35. The first-order valence-electron chi connectivity index (χ1n) is 5.50. The summed E-state index contributed by atoms with van der Waals surface area (Å²) in [6, 6.07) is 6.97. The molecule has 100 valence electrons. The minimum absolute atomic E-state index is 0.268. The van der Waals surface area contributed by atoms with Crippen LogP contribution in [0, 0.1) is 0 Å². The molecule has 0 aliphatic rings. The van der Waals surface area contributed by atoms with Gasteiger partial charge in [0.15, 0.2) is 11.5 Å². The average molecular weight is 299 g/mol. The van der Waals surface area contributed by atoms with Crippen LogP contribution >= 0.6 is 23.2 Å². The predicted octanol–water partition coefficient (Wildman–Crippen LogP) is 3.65. The zero-order valence-corrected chi connectivity index (χ0v) is 11.7. The van der Waals surface area contributed by atoms with E-state index < -0.39 is 0 Å². The number of nitrogens with zero attached hydrogens (tertiary/aromatic N) is 1. The van der Waals surface area contributed by atoms with Crippen LogP contribution in [0.1, 0.15) is 5.56 Å². The van der Waals surface area contributed by atoms with Crippen molar-refractivity contribution in [3.8, 4) is 17.4 Å². The van der Waals surface area contributed by atoms with Crippen LogP contribution in [0.3, 0.4) is 0 Å². The molecule has 0 saturated carbocycles. The first kappa shape index (κ1) is 13.9. The molecule has 4 nitrogen and oxygen atoms in total. The Kier molecular flexibility index (Phi) is 4.47. The molecule has 0 unspecified atom stereocenters. The van der Waals surface area contributed by atoms with Gasteiger partial charge in [-0.1, -0.05) is 29.3 Å². The molecule has 1 aromatic carbocycles. The van der Waals surface area contributed by atoms with Crippen LogP contribution in [0.5, 0.6) is 17.4 Å². The largest absolute Gasteiger partial charge is 0.493 e. The molecule has 0 amide bonds. The number of hydrogen-bond acceptors (Lipinski definition) is 4. The minimum atomic E-state index is 0.268. The molecule has 0 aliphatic carbocycles. The summed E-state index contributed by atoms with van der Waals surface area (Å²) in [4.78, 5) is 4.02. The summed E-state index contributed by atoms with van der Waals surface area (Å²) in [5.41, 5.74) is 6.52. The number of ether oxygens (including phenoxy) is 2. The van der Waals surface area contributed by atoms with E-state index in [9.17, 15) is 0 Å². The minimum Gasteiger partial charge on any atom is -0.493 e. The Bertz CT molecular complexity index is 591. The van der Waals surface area contributed by atoms with Gasteiger partial charge >= 0.3 is 0 Å². The fourth-order valence-electron chi connectivity index (χ4n) is 1.50. The van der Waals surface area contributed by atoms with Gasteiger partial charge in [0.05, 0.1) is 12.1 Å². The Morgan fingerprint density at radius 1 is 1.21 bits per heavy atom. The Morgan fingerprint density at radius 2 is 2.00 bits per heavy atom. The van der Waals surface area contributed by atoms with Crippen molar-refractivity contribution in [1.82, 2.24) is 4.98 Å². The molecule has 1 aromatic heterocycles. The number of rotatable bonds is 4. The van der Waals surface area contributed by atoms with Crippen LogP contribution in [0.4, 0.5) is 0 Å². The second-order valence-electron chi connectivity index (χ2n) is 3.73. The molecule has 2 rings (SSSR count). The third-order valence-corrected chi connectivity index (χ3v) is 2.92. The maximum absolute atomic E-state index is 6.00. The standard InChI is InChI=1S/C13H12Cl2N2O2/c1-18-12-4-8(6-16)2-3-11(12)19-13-10(15)5-9(14)7-17-13/h2-5,7H,6,16H2,1H3. The van der Waals surface area contributed by atoms with Crippen LogP contribution in [0.25, 0.3) is 0 Å². The summed E-state index contributed by atoms with van der Waals surface area (Å²) < 4.78 is 10.9. The van der Waals surface area contributed by atoms with E-state index in [0.29, 0.717) is 28.1 Å². The third kappa shape index (κ3) is 3.29. The fourth-order valence-corrected chi connectivity index (χ4v) is 1.92. The molecule has 0 atom stereocenters. The molecule has 0 saturated heterocycles. The van der Waals surface area contributed by atoms with E-state index in [1.165, 1.54) is 6.20 Å². The normalized spacial score (nSPS) is 10.3. The number of halogens is 2. The smallest absolute Gasteiger partial charge is 0.238 e. The zero-order chi connectivity index (χ0) is 13.8. The quantitative estimate of drug-likeness (QED) is 0.936. The number of pyridine rings is 1. The van der Waals surface area contributed by atoms with Gasteiger partial charge in [0, 0.05) is 12.7 Å². The lowest BCUT2D eigenvalue weighted by molar-refractivity contribution is 0.374. The van der Waals surface area contributed by atoms with Crippen LogP contribution < -0.4 is 15.2 Å². The molecule has 19 heavy (non-hydrogen) atoms. The molecule has 0 spiro atoms. The summed E-state index contributed by atoms with van der Waals surface area (Å²) in [6.07, 6.45) is 1.46. The van der Waals surface area contributed by atoms with Crippen molar-refractivity contribution in [2.24, 2.45) is 5.73 Å². The van der Waals surface area contributed by atoms with Crippen molar-refractivity contribution < 1.29 is 9.47 Å². The first-order valence-corrected chi connectivity index (χ1v) is 6.25. The summed E-state index contributed by atoms with van der Waals surface area (Å²) in [7, 11) is 1.55. The topological polar surface area (TPSA) is 57.4 Å². The van der Waals surface area contributed by atoms with E-state index in [0.717, 1.165) is 5.56 Å². The van der Waals surface area contributed by atoms with E-state index in [-0.39, 0.29) is 5.88 Å². The van der Waals surface area contributed by atoms with Crippen molar-refractivity contribution in [3.63, 3.8) is 0 Å². The highest BCUT2D eigenvalue weighted by atomic mass is 35.5. The molecule has 0 fully saturated rings. The van der Waals surface area contributed by atoms with Crippen LogP contribution in [-0.2, 0) is 6.54 Å². The van der Waals surface area contributed by atoms with E-state index >= 15 is 0 Å². The average Bonchev–Trinajstić information content (AvgIpc) is 2.42. The fraction of sp³-hybridized carbons (Fsp3) is 0.154. The highest BCUT2D eigenvalue weighted by molar-refractivity contribution is 6.35. The Hall–Kier alpha value is -1.49. The lowest BCUT2D eigenvalue weighted by Gasteiger charge is -2.11. The zero-order valence-electron chi connectivity index (χ0n) is 10.2. The van der Waals surface area contributed by atoms with Crippen LogP contribution in [0.2, 0.25) is 10.0 Å². The van der Waals surface area contributed by atoms with Crippen molar-refractivity contribution in [2.45, 2.75) is 6.54 Å². The van der Waals surface area contributed by atoms with Gasteiger partial charge in [0.1, 0.15) is 5.02 Å². The molecule has 2 aromatic rings. The van der Waals surface area contributed by atoms with E-state index in [1.807, 2.05) is 6.07 Å². The Morgan fingerprint density at radius 3 is 2.63 bits per heavy atom. The van der Waals surface area contributed by atoms with Gasteiger partial charge in [0.2, 0.25) is 5.88 Å². The van der Waals surface area contributed by atoms with E-state index in [2.05, 4.69) is 4.98 Å². The maximum Gasteiger partial charge on any atom is 0.238 e. The first-order chi connectivity index (χ1) is 9.13. The van der Waals surface area contributed by atoms with Gasteiger partial charge in [-0.25, -0.2) is 4.98 Å². The van der Waals surface area contributed by atoms with Gasteiger partial charge in [-0.05, 0) is 23.8 Å². The third-order valence-electron chi connectivity index (χ3n) is 2.44. The Balaban J connectivity index is 2.32. The van der Waals surface area contributed by atoms with Crippen molar-refractivity contribution >= 4 is 23.2 Å². The number of methoxy groups -OCH3 is 1. The molecule has 2 N–H and O–H groups in total. The van der Waals surface area contributed by atoms with Gasteiger partial charge in [0.25, 0.3) is 0 Å². The molecule has 0 bridgehead atoms. The monoisotopic (exact) mass is 298 g/mol. The van der Waals surface area contributed by atoms with Crippen molar-refractivity contribution in [1.29, 1.82) is 0 Å². The predicted molar refractivity (Wildman–Crippen MR) is 75.2 cm³/mol. The van der Waals surface area contributed by atoms with Crippen molar-refractivity contribution in [2.75, 3.05) is 7.11 Å². The van der Waals surface area contributed by atoms with Gasteiger partial charge in [-0.15, -0.1) is 0 Å². The second-order valence-corrected chi connectivity index (χ2v) is 4.58. The molecular formula is C13H12Cl2N2O2. The second kappa shape index (κ2) is 6.10. The van der Waals surface area contributed by atoms with E-state index in [1.54, 1.807) is 25.3 Å². The summed E-state index contributed by atoms with van der Waals surface area (Å²) >= 11 is 11.8.